The molecule has 0 saturated carbocycles. The van der Waals surface area contributed by atoms with Gasteiger partial charge in [0.2, 0.25) is 0 Å². The number of aliphatic hydroxyl groups is 2. The summed E-state index contributed by atoms with van der Waals surface area (Å²) in [5.74, 6) is -0.909. The van der Waals surface area contributed by atoms with E-state index in [-0.39, 0.29) is 12.2 Å². The van der Waals surface area contributed by atoms with Gasteiger partial charge in [0.25, 0.3) is 0 Å². The molecule has 6 heteroatoms. The highest BCUT2D eigenvalue weighted by molar-refractivity contribution is 9.10. The quantitative estimate of drug-likeness (QED) is 0.630. The maximum Gasteiger partial charge on any atom is 0.338 e. The van der Waals surface area contributed by atoms with E-state index in [4.69, 9.17) is 0 Å². The van der Waals surface area contributed by atoms with Crippen molar-refractivity contribution in [2.75, 3.05) is 6.61 Å². The second kappa shape index (κ2) is 6.63. The fourth-order valence-electron chi connectivity index (χ4n) is 1.41. The van der Waals surface area contributed by atoms with Crippen LogP contribution in [0.2, 0.25) is 0 Å². The normalized spacial score (nSPS) is 13.8. The Morgan fingerprint density at radius 1 is 1.50 bits per heavy atom. The smallest absolute Gasteiger partial charge is 0.338 e. The first kappa shape index (κ1) is 14.8. The highest BCUT2D eigenvalue weighted by atomic mass is 79.9. The Labute approximate surface area is 113 Å². The molecule has 1 rings (SSSR count). The third kappa shape index (κ3) is 3.16. The predicted octanol–water partition coefficient (Wildman–Crippen LogP) is 1.22. The number of aliphatic hydroxyl groups excluding tert-OH is 2. The number of carbonyl (C=O) groups excluding carboxylic acids is 2. The standard InChI is InChI=1S/C12H13BrO5/c1-2-18-12(17)11(16)10(15)8-5-3-4-7(6-14)9(8)13/h3-6,10-11,15-16H,2H2,1H3. The van der Waals surface area contributed by atoms with Crippen molar-refractivity contribution in [2.24, 2.45) is 0 Å². The maximum atomic E-state index is 11.3. The minimum absolute atomic E-state index is 0.109. The van der Waals surface area contributed by atoms with Gasteiger partial charge >= 0.3 is 5.97 Å². The number of carbonyl (C=O) groups is 2. The predicted molar refractivity (Wildman–Crippen MR) is 67.1 cm³/mol. The van der Waals surface area contributed by atoms with Gasteiger partial charge < -0.3 is 14.9 Å². The van der Waals surface area contributed by atoms with Crippen molar-refractivity contribution >= 4 is 28.2 Å². The average Bonchev–Trinajstić information content (AvgIpc) is 2.37. The average molecular weight is 317 g/mol. The molecule has 0 saturated heterocycles. The Morgan fingerprint density at radius 2 is 2.17 bits per heavy atom. The fourth-order valence-corrected chi connectivity index (χ4v) is 2.01. The zero-order chi connectivity index (χ0) is 13.7. The van der Waals surface area contributed by atoms with Crippen molar-refractivity contribution in [1.29, 1.82) is 0 Å². The van der Waals surface area contributed by atoms with Crippen molar-refractivity contribution in [3.63, 3.8) is 0 Å². The molecule has 0 aliphatic carbocycles. The molecule has 0 fully saturated rings. The van der Waals surface area contributed by atoms with E-state index in [1.165, 1.54) is 6.07 Å². The van der Waals surface area contributed by atoms with Crippen LogP contribution in [0.1, 0.15) is 28.9 Å². The number of hydrogen-bond donors (Lipinski definition) is 2. The van der Waals surface area contributed by atoms with Crippen molar-refractivity contribution in [2.45, 2.75) is 19.1 Å². The molecule has 0 radical (unpaired) electrons. The molecular weight excluding hydrogens is 304 g/mol. The Kier molecular flexibility index (Phi) is 5.46. The minimum Gasteiger partial charge on any atom is -0.464 e. The van der Waals surface area contributed by atoms with Gasteiger partial charge in [0.1, 0.15) is 6.10 Å². The lowest BCUT2D eigenvalue weighted by atomic mass is 10.0. The van der Waals surface area contributed by atoms with Crippen LogP contribution in [0.4, 0.5) is 0 Å². The molecule has 2 unspecified atom stereocenters. The van der Waals surface area contributed by atoms with E-state index < -0.39 is 18.2 Å². The van der Waals surface area contributed by atoms with Gasteiger partial charge in [-0.1, -0.05) is 18.2 Å². The molecule has 0 bridgehead atoms. The largest absolute Gasteiger partial charge is 0.464 e. The van der Waals surface area contributed by atoms with Crippen LogP contribution in [0.3, 0.4) is 0 Å². The first-order valence-electron chi connectivity index (χ1n) is 5.29. The van der Waals surface area contributed by atoms with E-state index in [9.17, 15) is 19.8 Å². The van der Waals surface area contributed by atoms with Crippen molar-refractivity contribution in [3.8, 4) is 0 Å². The van der Waals surface area contributed by atoms with Crippen molar-refractivity contribution in [3.05, 3.63) is 33.8 Å². The number of halogens is 1. The molecule has 0 aliphatic heterocycles. The number of esters is 1. The molecular formula is C12H13BrO5. The summed E-state index contributed by atoms with van der Waals surface area (Å²) in [4.78, 5) is 22.0. The van der Waals surface area contributed by atoms with E-state index in [1.54, 1.807) is 19.1 Å². The molecule has 1 aromatic rings. The van der Waals surface area contributed by atoms with Crippen LogP contribution in [-0.4, -0.2) is 35.2 Å². The first-order valence-corrected chi connectivity index (χ1v) is 6.08. The van der Waals surface area contributed by atoms with Crippen LogP contribution in [0.25, 0.3) is 0 Å². The van der Waals surface area contributed by atoms with Gasteiger partial charge in [-0.15, -0.1) is 0 Å². The summed E-state index contributed by atoms with van der Waals surface area (Å²) in [7, 11) is 0. The van der Waals surface area contributed by atoms with Crippen LogP contribution >= 0.6 is 15.9 Å². The summed E-state index contributed by atoms with van der Waals surface area (Å²) in [6, 6.07) is 4.60. The van der Waals surface area contributed by atoms with Crippen LogP contribution in [0.5, 0.6) is 0 Å². The molecule has 0 heterocycles. The Morgan fingerprint density at radius 3 is 2.72 bits per heavy atom. The van der Waals surface area contributed by atoms with Gasteiger partial charge in [-0.3, -0.25) is 4.79 Å². The third-order valence-corrected chi connectivity index (χ3v) is 3.25. The number of hydrogen-bond acceptors (Lipinski definition) is 5. The number of aldehydes is 1. The second-order valence-corrected chi connectivity index (χ2v) is 4.30. The molecule has 18 heavy (non-hydrogen) atoms. The molecule has 5 nitrogen and oxygen atoms in total. The molecule has 1 aromatic carbocycles. The summed E-state index contributed by atoms with van der Waals surface area (Å²) in [5, 5.41) is 19.5. The molecule has 2 atom stereocenters. The van der Waals surface area contributed by atoms with Gasteiger partial charge in [-0.2, -0.15) is 0 Å². The van der Waals surface area contributed by atoms with E-state index in [0.717, 1.165) is 0 Å². The lowest BCUT2D eigenvalue weighted by Crippen LogP contribution is -2.30. The van der Waals surface area contributed by atoms with Gasteiger partial charge in [-0.25, -0.2) is 4.79 Å². The number of benzene rings is 1. The summed E-state index contributed by atoms with van der Waals surface area (Å²) in [6.45, 7) is 1.71. The molecule has 0 spiro atoms. The van der Waals surface area contributed by atoms with Crippen LogP contribution in [0, 0.1) is 0 Å². The molecule has 98 valence electrons. The van der Waals surface area contributed by atoms with Gasteiger partial charge in [0.05, 0.1) is 6.61 Å². The van der Waals surface area contributed by atoms with Crippen LogP contribution < -0.4 is 0 Å². The summed E-state index contributed by atoms with van der Waals surface area (Å²) in [5.41, 5.74) is 0.572. The third-order valence-electron chi connectivity index (χ3n) is 2.33. The van der Waals surface area contributed by atoms with Crippen molar-refractivity contribution in [1.82, 2.24) is 0 Å². The zero-order valence-electron chi connectivity index (χ0n) is 9.67. The van der Waals surface area contributed by atoms with Crippen LogP contribution in [-0.2, 0) is 9.53 Å². The van der Waals surface area contributed by atoms with E-state index in [2.05, 4.69) is 20.7 Å². The highest BCUT2D eigenvalue weighted by Gasteiger charge is 2.28. The summed E-state index contributed by atoms with van der Waals surface area (Å²) < 4.78 is 4.95. The first-order chi connectivity index (χ1) is 8.52. The SMILES string of the molecule is CCOC(=O)C(O)C(O)c1cccc(C=O)c1Br. The maximum absolute atomic E-state index is 11.3. The molecule has 0 amide bonds. The monoisotopic (exact) mass is 316 g/mol. The topological polar surface area (TPSA) is 83.8 Å². The fraction of sp³-hybridized carbons (Fsp3) is 0.333. The van der Waals surface area contributed by atoms with Crippen LogP contribution in [0.15, 0.2) is 22.7 Å². The van der Waals surface area contributed by atoms with E-state index >= 15 is 0 Å². The Hall–Kier alpha value is -1.24. The Bertz CT molecular complexity index is 446. The number of ether oxygens (including phenoxy) is 1. The molecule has 0 aliphatic rings. The second-order valence-electron chi connectivity index (χ2n) is 3.51. The van der Waals surface area contributed by atoms with E-state index in [1.807, 2.05) is 0 Å². The molecule has 0 aromatic heterocycles. The van der Waals surface area contributed by atoms with Crippen molar-refractivity contribution < 1.29 is 24.5 Å². The lowest BCUT2D eigenvalue weighted by Gasteiger charge is -2.18. The lowest BCUT2D eigenvalue weighted by molar-refractivity contribution is -0.159. The Balaban J connectivity index is 3.00. The molecule has 2 N–H and O–H groups in total. The highest BCUT2D eigenvalue weighted by Crippen LogP contribution is 2.28. The minimum atomic E-state index is -1.69. The summed E-state index contributed by atoms with van der Waals surface area (Å²) >= 11 is 3.14. The van der Waals surface area contributed by atoms with Gasteiger partial charge in [0.15, 0.2) is 12.4 Å². The summed E-state index contributed by atoms with van der Waals surface area (Å²) in [6.07, 6.45) is -2.54. The van der Waals surface area contributed by atoms with Gasteiger partial charge in [-0.05, 0) is 28.4 Å². The zero-order valence-corrected chi connectivity index (χ0v) is 11.3. The van der Waals surface area contributed by atoms with E-state index in [0.29, 0.717) is 16.3 Å². The van der Waals surface area contributed by atoms with Gasteiger partial charge in [0, 0.05) is 10.0 Å². The number of rotatable bonds is 5.